The number of anilines is 1. The Bertz CT molecular complexity index is 648. The number of nitrogens with one attached hydrogen (secondary N) is 1. The normalized spacial score (nSPS) is 10.3. The molecule has 0 aliphatic heterocycles. The largest absolute Gasteiger partial charge is 0.496 e. The number of rotatable bonds is 4. The molecule has 0 heterocycles. The summed E-state index contributed by atoms with van der Waals surface area (Å²) in [6.45, 7) is 4.01. The quantitative estimate of drug-likeness (QED) is 0.921. The van der Waals surface area contributed by atoms with Crippen LogP contribution in [0.1, 0.15) is 16.7 Å². The van der Waals surface area contributed by atoms with Gasteiger partial charge in [0.15, 0.2) is 0 Å². The van der Waals surface area contributed by atoms with Gasteiger partial charge in [-0.05, 0) is 55.3 Å². The van der Waals surface area contributed by atoms with Crippen molar-refractivity contribution in [1.82, 2.24) is 0 Å². The maximum atomic E-state index is 12.2. The third-order valence-corrected chi connectivity index (χ3v) is 3.33. The summed E-state index contributed by atoms with van der Waals surface area (Å²) in [5, 5.41) is 3.49. The maximum Gasteiger partial charge on any atom is 0.228 e. The molecule has 0 unspecified atom stereocenters. The van der Waals surface area contributed by atoms with Crippen LogP contribution in [-0.4, -0.2) is 13.0 Å². The second-order valence-corrected chi connectivity index (χ2v) is 5.49. The fraction of sp³-hybridized carbons (Fsp3) is 0.235. The molecule has 0 fully saturated rings. The van der Waals surface area contributed by atoms with E-state index in [0.717, 1.165) is 22.4 Å². The van der Waals surface area contributed by atoms with Crippen LogP contribution in [0.4, 0.5) is 5.69 Å². The van der Waals surface area contributed by atoms with Crippen LogP contribution in [-0.2, 0) is 11.2 Å². The summed E-state index contributed by atoms with van der Waals surface area (Å²) in [6, 6.07) is 11.2. The van der Waals surface area contributed by atoms with Crippen molar-refractivity contribution in [2.45, 2.75) is 20.3 Å². The molecule has 1 amide bonds. The lowest BCUT2D eigenvalue weighted by Gasteiger charge is -2.10. The van der Waals surface area contributed by atoms with Gasteiger partial charge in [-0.3, -0.25) is 4.79 Å². The minimum absolute atomic E-state index is 0.0967. The topological polar surface area (TPSA) is 38.3 Å². The first-order valence-corrected chi connectivity index (χ1v) is 7.06. The summed E-state index contributed by atoms with van der Waals surface area (Å²) in [5.74, 6) is 0.565. The first kappa shape index (κ1) is 15.4. The van der Waals surface area contributed by atoms with Crippen molar-refractivity contribution in [3.8, 4) is 5.75 Å². The van der Waals surface area contributed by atoms with Gasteiger partial charge in [-0.2, -0.15) is 0 Å². The Balaban J connectivity index is 2.13. The van der Waals surface area contributed by atoms with E-state index in [2.05, 4.69) is 11.4 Å². The lowest BCUT2D eigenvalue weighted by molar-refractivity contribution is -0.115. The smallest absolute Gasteiger partial charge is 0.228 e. The van der Waals surface area contributed by atoms with Crippen LogP contribution in [0.5, 0.6) is 5.75 Å². The lowest BCUT2D eigenvalue weighted by atomic mass is 10.1. The average molecular weight is 304 g/mol. The molecule has 0 spiro atoms. The minimum atomic E-state index is -0.0967. The van der Waals surface area contributed by atoms with Gasteiger partial charge in [0.2, 0.25) is 5.91 Å². The van der Waals surface area contributed by atoms with Gasteiger partial charge in [0, 0.05) is 16.3 Å². The summed E-state index contributed by atoms with van der Waals surface area (Å²) in [7, 11) is 1.58. The SMILES string of the molecule is COc1ccc(Cl)cc1CC(=O)Nc1cc(C)cc(C)c1. The molecule has 2 aromatic rings. The molecule has 0 saturated carbocycles. The minimum Gasteiger partial charge on any atom is -0.496 e. The Hall–Kier alpha value is -2.00. The summed E-state index contributed by atoms with van der Waals surface area (Å²) in [5.41, 5.74) is 3.81. The molecule has 4 heteroatoms. The predicted octanol–water partition coefficient (Wildman–Crippen LogP) is 4.15. The number of carbonyl (C=O) groups excluding carboxylic acids is 1. The zero-order valence-electron chi connectivity index (χ0n) is 12.4. The summed E-state index contributed by atoms with van der Waals surface area (Å²) < 4.78 is 5.25. The molecule has 3 nitrogen and oxygen atoms in total. The van der Waals surface area contributed by atoms with Gasteiger partial charge in [-0.25, -0.2) is 0 Å². The highest BCUT2D eigenvalue weighted by Gasteiger charge is 2.10. The Morgan fingerprint density at radius 2 is 1.81 bits per heavy atom. The summed E-state index contributed by atoms with van der Waals surface area (Å²) >= 11 is 5.97. The second-order valence-electron chi connectivity index (χ2n) is 5.06. The van der Waals surface area contributed by atoms with Crippen LogP contribution in [0.15, 0.2) is 36.4 Å². The van der Waals surface area contributed by atoms with E-state index >= 15 is 0 Å². The van der Waals surface area contributed by atoms with Gasteiger partial charge in [0.1, 0.15) is 5.75 Å². The van der Waals surface area contributed by atoms with Crippen molar-refractivity contribution >= 4 is 23.2 Å². The molecule has 0 radical (unpaired) electrons. The maximum absolute atomic E-state index is 12.2. The highest BCUT2D eigenvalue weighted by molar-refractivity contribution is 6.30. The van der Waals surface area contributed by atoms with Crippen LogP contribution < -0.4 is 10.1 Å². The number of benzene rings is 2. The molecular weight excluding hydrogens is 286 g/mol. The van der Waals surface area contributed by atoms with Crippen LogP contribution in [0, 0.1) is 13.8 Å². The number of amides is 1. The second kappa shape index (κ2) is 6.64. The number of methoxy groups -OCH3 is 1. The van der Waals surface area contributed by atoms with Gasteiger partial charge in [-0.15, -0.1) is 0 Å². The van der Waals surface area contributed by atoms with Gasteiger partial charge >= 0.3 is 0 Å². The van der Waals surface area contributed by atoms with E-state index < -0.39 is 0 Å². The molecule has 0 atom stereocenters. The van der Waals surface area contributed by atoms with E-state index in [-0.39, 0.29) is 12.3 Å². The first-order valence-electron chi connectivity index (χ1n) is 6.68. The Kier molecular flexibility index (Phi) is 4.86. The first-order chi connectivity index (χ1) is 9.97. The van der Waals surface area contributed by atoms with E-state index in [1.165, 1.54) is 0 Å². The number of halogens is 1. The predicted molar refractivity (Wildman–Crippen MR) is 86.3 cm³/mol. The third kappa shape index (κ3) is 4.23. The fourth-order valence-electron chi connectivity index (χ4n) is 2.31. The van der Waals surface area contributed by atoms with Crippen molar-refractivity contribution in [3.63, 3.8) is 0 Å². The van der Waals surface area contributed by atoms with Crippen molar-refractivity contribution in [2.24, 2.45) is 0 Å². The van der Waals surface area contributed by atoms with Crippen LogP contribution in [0.3, 0.4) is 0 Å². The van der Waals surface area contributed by atoms with Crippen LogP contribution >= 0.6 is 11.6 Å². The number of hydrogen-bond donors (Lipinski definition) is 1. The molecule has 0 saturated heterocycles. The van der Waals surface area contributed by atoms with Gasteiger partial charge < -0.3 is 10.1 Å². The zero-order chi connectivity index (χ0) is 15.4. The molecule has 0 aromatic heterocycles. The number of ether oxygens (including phenoxy) is 1. The van der Waals surface area contributed by atoms with E-state index in [9.17, 15) is 4.79 Å². The van der Waals surface area contributed by atoms with Crippen molar-refractivity contribution in [2.75, 3.05) is 12.4 Å². The molecule has 0 aliphatic rings. The van der Waals surface area contributed by atoms with Crippen molar-refractivity contribution in [1.29, 1.82) is 0 Å². The van der Waals surface area contributed by atoms with Crippen molar-refractivity contribution < 1.29 is 9.53 Å². The van der Waals surface area contributed by atoms with Gasteiger partial charge in [0.05, 0.1) is 13.5 Å². The Morgan fingerprint density at radius 1 is 1.14 bits per heavy atom. The molecular formula is C17H18ClNO2. The fourth-order valence-corrected chi connectivity index (χ4v) is 2.51. The molecule has 2 aromatic carbocycles. The summed E-state index contributed by atoms with van der Waals surface area (Å²) in [4.78, 5) is 12.2. The van der Waals surface area contributed by atoms with E-state index in [1.807, 2.05) is 26.0 Å². The molecule has 110 valence electrons. The van der Waals surface area contributed by atoms with Crippen LogP contribution in [0.2, 0.25) is 5.02 Å². The zero-order valence-corrected chi connectivity index (χ0v) is 13.1. The highest BCUT2D eigenvalue weighted by Crippen LogP contribution is 2.23. The molecule has 0 bridgehead atoms. The van der Waals surface area contributed by atoms with Gasteiger partial charge in [0.25, 0.3) is 0 Å². The Morgan fingerprint density at radius 3 is 2.43 bits per heavy atom. The van der Waals surface area contributed by atoms with E-state index in [1.54, 1.807) is 25.3 Å². The Labute approximate surface area is 129 Å². The lowest BCUT2D eigenvalue weighted by Crippen LogP contribution is -2.15. The van der Waals surface area contributed by atoms with E-state index in [0.29, 0.717) is 10.8 Å². The molecule has 2 rings (SSSR count). The van der Waals surface area contributed by atoms with Crippen molar-refractivity contribution in [3.05, 3.63) is 58.1 Å². The molecule has 1 N–H and O–H groups in total. The highest BCUT2D eigenvalue weighted by atomic mass is 35.5. The van der Waals surface area contributed by atoms with E-state index in [4.69, 9.17) is 16.3 Å². The number of aryl methyl sites for hydroxylation is 2. The number of hydrogen-bond acceptors (Lipinski definition) is 2. The van der Waals surface area contributed by atoms with Gasteiger partial charge in [-0.1, -0.05) is 17.7 Å². The molecule has 0 aliphatic carbocycles. The number of carbonyl (C=O) groups is 1. The monoisotopic (exact) mass is 303 g/mol. The standard InChI is InChI=1S/C17H18ClNO2/c1-11-6-12(2)8-15(7-11)19-17(20)10-13-9-14(18)4-5-16(13)21-3/h4-9H,10H2,1-3H3,(H,19,20). The van der Waals surface area contributed by atoms with Crippen LogP contribution in [0.25, 0.3) is 0 Å². The molecule has 21 heavy (non-hydrogen) atoms. The third-order valence-electron chi connectivity index (χ3n) is 3.10. The average Bonchev–Trinajstić information content (AvgIpc) is 2.37. The summed E-state index contributed by atoms with van der Waals surface area (Å²) in [6.07, 6.45) is 0.219.